The highest BCUT2D eigenvalue weighted by Crippen LogP contribution is 2.33. The molecule has 2 atom stereocenters. The summed E-state index contributed by atoms with van der Waals surface area (Å²) in [4.78, 5) is 1.71. The molecule has 5 heteroatoms. The predicted molar refractivity (Wildman–Crippen MR) is 59.4 cm³/mol. The molecule has 5 nitrogen and oxygen atoms in total. The first-order valence-corrected chi connectivity index (χ1v) is 5.85. The Morgan fingerprint density at radius 1 is 1.56 bits per heavy atom. The van der Waals surface area contributed by atoms with Crippen molar-refractivity contribution >= 4 is 0 Å². The molecule has 0 aromatic carbocycles. The van der Waals surface area contributed by atoms with Crippen LogP contribution in [0.3, 0.4) is 0 Å². The summed E-state index contributed by atoms with van der Waals surface area (Å²) >= 11 is 0. The SMILES string of the molecule is N#Cc1cnn(C2CCCC(CCN)C2)n1. The van der Waals surface area contributed by atoms with Crippen molar-refractivity contribution in [1.82, 2.24) is 15.0 Å². The molecule has 0 spiro atoms. The average Bonchev–Trinajstić information content (AvgIpc) is 2.78. The van der Waals surface area contributed by atoms with Crippen LogP contribution in [0.1, 0.15) is 43.8 Å². The number of aromatic nitrogens is 3. The first-order chi connectivity index (χ1) is 7.83. The smallest absolute Gasteiger partial charge is 0.182 e. The largest absolute Gasteiger partial charge is 0.330 e. The predicted octanol–water partition coefficient (Wildman–Crippen LogP) is 1.23. The van der Waals surface area contributed by atoms with Gasteiger partial charge in [-0.3, -0.25) is 0 Å². The highest BCUT2D eigenvalue weighted by atomic mass is 15.5. The Labute approximate surface area is 95.2 Å². The maximum atomic E-state index is 8.70. The van der Waals surface area contributed by atoms with Gasteiger partial charge in [-0.2, -0.15) is 15.2 Å². The van der Waals surface area contributed by atoms with Crippen LogP contribution in [0.15, 0.2) is 6.20 Å². The maximum Gasteiger partial charge on any atom is 0.182 e. The van der Waals surface area contributed by atoms with Gasteiger partial charge in [0.1, 0.15) is 6.07 Å². The lowest BCUT2D eigenvalue weighted by Gasteiger charge is -2.28. The number of rotatable bonds is 3. The van der Waals surface area contributed by atoms with E-state index >= 15 is 0 Å². The van der Waals surface area contributed by atoms with E-state index in [9.17, 15) is 0 Å². The second-order valence-electron chi connectivity index (χ2n) is 4.43. The Morgan fingerprint density at radius 2 is 2.44 bits per heavy atom. The molecule has 0 radical (unpaired) electrons. The van der Waals surface area contributed by atoms with E-state index in [1.54, 1.807) is 4.80 Å². The van der Waals surface area contributed by atoms with Crippen molar-refractivity contribution in [2.75, 3.05) is 6.54 Å². The molecule has 16 heavy (non-hydrogen) atoms. The van der Waals surface area contributed by atoms with Gasteiger partial charge in [0.2, 0.25) is 0 Å². The van der Waals surface area contributed by atoms with Gasteiger partial charge in [-0.05, 0) is 31.7 Å². The first kappa shape index (κ1) is 11.1. The van der Waals surface area contributed by atoms with Crippen LogP contribution in [0.2, 0.25) is 0 Å². The van der Waals surface area contributed by atoms with Crippen LogP contribution in [-0.2, 0) is 0 Å². The van der Waals surface area contributed by atoms with Crippen molar-refractivity contribution < 1.29 is 0 Å². The van der Waals surface area contributed by atoms with Crippen LogP contribution in [0, 0.1) is 17.2 Å². The first-order valence-electron chi connectivity index (χ1n) is 5.85. The summed E-state index contributed by atoms with van der Waals surface area (Å²) < 4.78 is 0. The molecule has 0 aliphatic heterocycles. The lowest BCUT2D eigenvalue weighted by Crippen LogP contribution is -2.22. The number of hydrogen-bond acceptors (Lipinski definition) is 4. The van der Waals surface area contributed by atoms with E-state index in [-0.39, 0.29) is 0 Å². The van der Waals surface area contributed by atoms with Gasteiger partial charge < -0.3 is 5.73 Å². The molecule has 86 valence electrons. The highest BCUT2D eigenvalue weighted by Gasteiger charge is 2.24. The molecule has 1 aromatic heterocycles. The molecule has 0 bridgehead atoms. The highest BCUT2D eigenvalue weighted by molar-refractivity contribution is 5.12. The van der Waals surface area contributed by atoms with E-state index in [0.29, 0.717) is 17.7 Å². The third-order valence-corrected chi connectivity index (χ3v) is 3.28. The van der Waals surface area contributed by atoms with Crippen molar-refractivity contribution in [2.45, 2.75) is 38.1 Å². The van der Waals surface area contributed by atoms with Gasteiger partial charge in [0.25, 0.3) is 0 Å². The maximum absolute atomic E-state index is 8.70. The fourth-order valence-electron chi connectivity index (χ4n) is 2.47. The number of nitriles is 1. The standard InChI is InChI=1S/C11H17N5/c12-5-4-9-2-1-3-11(6-9)16-14-8-10(7-13)15-16/h8-9,11H,1-6,12H2. The summed E-state index contributed by atoms with van der Waals surface area (Å²) in [6.45, 7) is 0.757. The molecule has 1 aliphatic carbocycles. The third-order valence-electron chi connectivity index (χ3n) is 3.28. The molecule has 1 saturated carbocycles. The van der Waals surface area contributed by atoms with Crippen molar-refractivity contribution in [1.29, 1.82) is 5.26 Å². The van der Waals surface area contributed by atoms with Crippen molar-refractivity contribution in [3.05, 3.63) is 11.9 Å². The molecule has 2 unspecified atom stereocenters. The van der Waals surface area contributed by atoms with E-state index in [2.05, 4.69) is 10.2 Å². The Balaban J connectivity index is 2.01. The number of nitrogens with zero attached hydrogens (tertiary/aromatic N) is 4. The number of nitrogens with two attached hydrogens (primary N) is 1. The second kappa shape index (κ2) is 5.08. The Kier molecular flexibility index (Phi) is 3.52. The molecular formula is C11H17N5. The summed E-state index contributed by atoms with van der Waals surface area (Å²) in [5.41, 5.74) is 5.99. The van der Waals surface area contributed by atoms with Gasteiger partial charge in [0.05, 0.1) is 12.2 Å². The average molecular weight is 219 g/mol. The Bertz CT molecular complexity index is 376. The Hall–Kier alpha value is -1.41. The van der Waals surface area contributed by atoms with Crippen LogP contribution in [0.25, 0.3) is 0 Å². The molecule has 2 rings (SSSR count). The molecule has 1 heterocycles. The van der Waals surface area contributed by atoms with E-state index in [1.165, 1.54) is 19.0 Å². The van der Waals surface area contributed by atoms with Gasteiger partial charge >= 0.3 is 0 Å². The normalized spacial score (nSPS) is 25.2. The van der Waals surface area contributed by atoms with Crippen LogP contribution >= 0.6 is 0 Å². The summed E-state index contributed by atoms with van der Waals surface area (Å²) in [5, 5.41) is 17.0. The zero-order chi connectivity index (χ0) is 11.4. The van der Waals surface area contributed by atoms with Gasteiger partial charge in [-0.15, -0.1) is 5.10 Å². The van der Waals surface area contributed by atoms with Crippen molar-refractivity contribution in [3.63, 3.8) is 0 Å². The fourth-order valence-corrected chi connectivity index (χ4v) is 2.47. The minimum atomic E-state index is 0.354. The van der Waals surface area contributed by atoms with E-state index in [4.69, 9.17) is 11.0 Å². The zero-order valence-electron chi connectivity index (χ0n) is 9.34. The van der Waals surface area contributed by atoms with E-state index < -0.39 is 0 Å². The summed E-state index contributed by atoms with van der Waals surface area (Å²) in [6.07, 6.45) is 7.30. The van der Waals surface area contributed by atoms with Crippen LogP contribution in [0.5, 0.6) is 0 Å². The summed E-state index contributed by atoms with van der Waals surface area (Å²) in [6, 6.07) is 2.36. The molecule has 0 amide bonds. The van der Waals surface area contributed by atoms with Gasteiger partial charge in [-0.1, -0.05) is 12.8 Å². The van der Waals surface area contributed by atoms with E-state index in [1.807, 2.05) is 6.07 Å². The van der Waals surface area contributed by atoms with Crippen LogP contribution in [-0.4, -0.2) is 21.5 Å². The second-order valence-corrected chi connectivity index (χ2v) is 4.43. The zero-order valence-corrected chi connectivity index (χ0v) is 9.34. The molecule has 2 N–H and O–H groups in total. The van der Waals surface area contributed by atoms with E-state index in [0.717, 1.165) is 25.8 Å². The summed E-state index contributed by atoms with van der Waals surface area (Å²) in [7, 11) is 0. The Morgan fingerprint density at radius 3 is 3.12 bits per heavy atom. The molecule has 1 fully saturated rings. The minimum Gasteiger partial charge on any atom is -0.330 e. The fraction of sp³-hybridized carbons (Fsp3) is 0.727. The van der Waals surface area contributed by atoms with Crippen LogP contribution in [0.4, 0.5) is 0 Å². The van der Waals surface area contributed by atoms with Gasteiger partial charge in [0.15, 0.2) is 5.69 Å². The van der Waals surface area contributed by atoms with Crippen molar-refractivity contribution in [2.24, 2.45) is 11.7 Å². The quantitative estimate of drug-likeness (QED) is 0.829. The van der Waals surface area contributed by atoms with Crippen LogP contribution < -0.4 is 5.73 Å². The monoisotopic (exact) mass is 219 g/mol. The number of hydrogen-bond donors (Lipinski definition) is 1. The summed E-state index contributed by atoms with van der Waals surface area (Å²) in [5.74, 6) is 0.695. The third kappa shape index (κ3) is 2.39. The molecular weight excluding hydrogens is 202 g/mol. The topological polar surface area (TPSA) is 80.5 Å². The lowest BCUT2D eigenvalue weighted by atomic mass is 9.84. The lowest BCUT2D eigenvalue weighted by molar-refractivity contribution is 0.228. The molecule has 1 aliphatic rings. The molecule has 0 saturated heterocycles. The van der Waals surface area contributed by atoms with Gasteiger partial charge in [0, 0.05) is 0 Å². The minimum absolute atomic E-state index is 0.354. The van der Waals surface area contributed by atoms with Crippen molar-refractivity contribution in [3.8, 4) is 6.07 Å². The molecule has 1 aromatic rings. The van der Waals surface area contributed by atoms with Gasteiger partial charge in [-0.25, -0.2) is 0 Å².